The van der Waals surface area contributed by atoms with E-state index in [9.17, 15) is 24.6 Å². The molecule has 0 aromatic rings. The Balaban J connectivity index is 1.24. The molecule has 2 unspecified atom stereocenters. The first-order valence-electron chi connectivity index (χ1n) is 16.7. The molecular weight excluding hydrogens is 564 g/mol. The van der Waals surface area contributed by atoms with Crippen LogP contribution in [0.1, 0.15) is 98.3 Å². The Bertz CT molecular complexity index is 1080. The average molecular weight is 619 g/mol. The van der Waals surface area contributed by atoms with Crippen LogP contribution in [0.4, 0.5) is 0 Å². The maximum absolute atomic E-state index is 13.6. The molecule has 2 bridgehead atoms. The summed E-state index contributed by atoms with van der Waals surface area (Å²) in [5.41, 5.74) is -1.49. The van der Waals surface area contributed by atoms with Gasteiger partial charge in [-0.2, -0.15) is 0 Å². The molecule has 242 valence electrons. The number of nitrogens with one attached hydrogen (secondary N) is 2. The zero-order chi connectivity index (χ0) is 31.2. The SMILES string of the molecule is C=C[C@]1(C)C[C@@H](OC(=O)CS[C@H]2CC[C@H](NC(=O)[C@H]3CCCCN3)C[C@@H]2O)[C@]2(C)C(C)CCC3(CCC(=O)[C@H]32)[C@@H](C)[C@@H]1O. The summed E-state index contributed by atoms with van der Waals surface area (Å²) in [6.07, 6.45) is 8.48. The molecule has 5 fully saturated rings. The fourth-order valence-corrected chi connectivity index (χ4v) is 10.7. The van der Waals surface area contributed by atoms with Crippen molar-refractivity contribution in [1.29, 1.82) is 0 Å². The molecule has 1 amide bonds. The lowest BCUT2D eigenvalue weighted by Gasteiger charge is -2.61. The van der Waals surface area contributed by atoms with Crippen LogP contribution in [0, 0.1) is 34.0 Å². The van der Waals surface area contributed by atoms with Crippen LogP contribution in [-0.2, 0) is 19.1 Å². The van der Waals surface area contributed by atoms with E-state index >= 15 is 0 Å². The van der Waals surface area contributed by atoms with E-state index in [2.05, 4.69) is 38.0 Å². The molecule has 8 nitrogen and oxygen atoms in total. The Morgan fingerprint density at radius 2 is 1.91 bits per heavy atom. The Hall–Kier alpha value is -1.42. The monoisotopic (exact) mass is 618 g/mol. The highest BCUT2D eigenvalue weighted by molar-refractivity contribution is 8.00. The predicted molar refractivity (Wildman–Crippen MR) is 168 cm³/mol. The molecule has 4 saturated carbocycles. The molecular formula is C34H54N2O6S. The summed E-state index contributed by atoms with van der Waals surface area (Å²) in [6, 6.07) is -0.209. The average Bonchev–Trinajstić information content (AvgIpc) is 3.35. The Labute approximate surface area is 261 Å². The molecule has 9 heteroatoms. The van der Waals surface area contributed by atoms with Crippen molar-refractivity contribution in [3.8, 4) is 0 Å². The quantitative estimate of drug-likeness (QED) is 0.248. The Morgan fingerprint density at radius 3 is 2.58 bits per heavy atom. The summed E-state index contributed by atoms with van der Waals surface area (Å²) in [6.45, 7) is 13.4. The van der Waals surface area contributed by atoms with Crippen LogP contribution in [0.2, 0.25) is 0 Å². The number of aliphatic hydroxyl groups excluding tert-OH is 2. The minimum absolute atomic E-state index is 0.0204. The fourth-order valence-electron chi connectivity index (χ4n) is 9.69. The van der Waals surface area contributed by atoms with E-state index in [1.807, 2.05) is 13.0 Å². The highest BCUT2D eigenvalue weighted by Crippen LogP contribution is 2.68. The first-order chi connectivity index (χ1) is 20.4. The van der Waals surface area contributed by atoms with Gasteiger partial charge in [0, 0.05) is 34.5 Å². The number of hydrogen-bond donors (Lipinski definition) is 4. The number of esters is 1. The van der Waals surface area contributed by atoms with Crippen molar-refractivity contribution in [2.24, 2.45) is 34.0 Å². The molecule has 5 rings (SSSR count). The zero-order valence-electron chi connectivity index (χ0n) is 26.6. The van der Waals surface area contributed by atoms with Crippen LogP contribution < -0.4 is 10.6 Å². The molecule has 4 N–H and O–H groups in total. The smallest absolute Gasteiger partial charge is 0.316 e. The number of ketones is 1. The van der Waals surface area contributed by atoms with Gasteiger partial charge < -0.3 is 25.6 Å². The summed E-state index contributed by atoms with van der Waals surface area (Å²) in [4.78, 5) is 39.8. The van der Waals surface area contributed by atoms with Crippen LogP contribution >= 0.6 is 11.8 Å². The van der Waals surface area contributed by atoms with Crippen molar-refractivity contribution in [2.45, 2.75) is 134 Å². The number of Topliss-reactive ketones (excluding diaryl/α,β-unsaturated/α-hetero) is 1. The third-order valence-corrected chi connectivity index (χ3v) is 14.1. The number of carbonyl (C=O) groups excluding carboxylic acids is 3. The second-order valence-corrected chi connectivity index (χ2v) is 16.2. The lowest BCUT2D eigenvalue weighted by atomic mass is 9.44. The maximum Gasteiger partial charge on any atom is 0.316 e. The minimum atomic E-state index is -0.688. The molecule has 5 aliphatic rings. The molecule has 12 atom stereocenters. The van der Waals surface area contributed by atoms with E-state index in [-0.39, 0.29) is 63.9 Å². The Morgan fingerprint density at radius 1 is 1.14 bits per heavy atom. The second kappa shape index (κ2) is 12.8. The zero-order valence-corrected chi connectivity index (χ0v) is 27.4. The van der Waals surface area contributed by atoms with E-state index in [0.29, 0.717) is 25.7 Å². The van der Waals surface area contributed by atoms with Gasteiger partial charge in [-0.1, -0.05) is 40.2 Å². The molecule has 0 radical (unpaired) electrons. The highest BCUT2D eigenvalue weighted by atomic mass is 32.2. The number of hydrogen-bond acceptors (Lipinski definition) is 8. The second-order valence-electron chi connectivity index (χ2n) is 15.0. The van der Waals surface area contributed by atoms with E-state index < -0.39 is 29.1 Å². The van der Waals surface area contributed by atoms with E-state index in [4.69, 9.17) is 4.74 Å². The largest absolute Gasteiger partial charge is 0.461 e. The third-order valence-electron chi connectivity index (χ3n) is 12.7. The maximum atomic E-state index is 13.6. The van der Waals surface area contributed by atoms with Crippen LogP contribution in [0.15, 0.2) is 12.7 Å². The molecule has 1 heterocycles. The molecule has 43 heavy (non-hydrogen) atoms. The van der Waals surface area contributed by atoms with E-state index in [1.165, 1.54) is 11.8 Å². The van der Waals surface area contributed by atoms with Gasteiger partial charge in [0.1, 0.15) is 11.9 Å². The van der Waals surface area contributed by atoms with Gasteiger partial charge in [0.2, 0.25) is 5.91 Å². The van der Waals surface area contributed by atoms with E-state index in [0.717, 1.165) is 51.5 Å². The lowest BCUT2D eigenvalue weighted by Crippen LogP contribution is -2.63. The molecule has 1 aliphatic heterocycles. The summed E-state index contributed by atoms with van der Waals surface area (Å²) in [7, 11) is 0. The lowest BCUT2D eigenvalue weighted by molar-refractivity contribution is -0.205. The number of carbonyl (C=O) groups is 3. The van der Waals surface area contributed by atoms with Gasteiger partial charge in [-0.15, -0.1) is 18.3 Å². The van der Waals surface area contributed by atoms with Crippen molar-refractivity contribution in [2.75, 3.05) is 12.3 Å². The first-order valence-corrected chi connectivity index (χ1v) is 17.8. The van der Waals surface area contributed by atoms with Crippen molar-refractivity contribution in [3.63, 3.8) is 0 Å². The number of rotatable bonds is 7. The Kier molecular flexibility index (Phi) is 9.78. The van der Waals surface area contributed by atoms with Crippen molar-refractivity contribution >= 4 is 29.4 Å². The van der Waals surface area contributed by atoms with E-state index in [1.54, 1.807) is 0 Å². The third kappa shape index (κ3) is 5.97. The molecule has 0 spiro atoms. The molecule has 1 saturated heterocycles. The van der Waals surface area contributed by atoms with Gasteiger partial charge in [-0.3, -0.25) is 14.4 Å². The summed E-state index contributed by atoms with van der Waals surface area (Å²) in [5.74, 6) is -0.0878. The number of piperidine rings is 1. The molecule has 0 aromatic carbocycles. The van der Waals surface area contributed by atoms with Gasteiger partial charge in [-0.05, 0) is 81.6 Å². The highest BCUT2D eigenvalue weighted by Gasteiger charge is 2.68. The van der Waals surface area contributed by atoms with Gasteiger partial charge in [-0.25, -0.2) is 0 Å². The minimum Gasteiger partial charge on any atom is -0.461 e. The predicted octanol–water partition coefficient (Wildman–Crippen LogP) is 4.17. The van der Waals surface area contributed by atoms with Crippen molar-refractivity contribution in [1.82, 2.24) is 10.6 Å². The van der Waals surface area contributed by atoms with Crippen molar-refractivity contribution in [3.05, 3.63) is 12.7 Å². The summed E-state index contributed by atoms with van der Waals surface area (Å²) >= 11 is 1.42. The van der Waals surface area contributed by atoms with Crippen LogP contribution in [0.5, 0.6) is 0 Å². The number of amides is 1. The number of thioether (sulfide) groups is 1. The van der Waals surface area contributed by atoms with Gasteiger partial charge in [0.25, 0.3) is 0 Å². The molecule has 4 aliphatic carbocycles. The number of aliphatic hydroxyl groups is 2. The van der Waals surface area contributed by atoms with Gasteiger partial charge >= 0.3 is 5.97 Å². The van der Waals surface area contributed by atoms with Crippen LogP contribution in [0.25, 0.3) is 0 Å². The summed E-state index contributed by atoms with van der Waals surface area (Å²) < 4.78 is 6.37. The van der Waals surface area contributed by atoms with Crippen molar-refractivity contribution < 1.29 is 29.3 Å². The summed E-state index contributed by atoms with van der Waals surface area (Å²) in [5, 5.41) is 28.9. The topological polar surface area (TPSA) is 125 Å². The molecule has 0 aromatic heterocycles. The number of ether oxygens (including phenoxy) is 1. The fraction of sp³-hybridized carbons (Fsp3) is 0.853. The van der Waals surface area contributed by atoms with Gasteiger partial charge in [0.15, 0.2) is 0 Å². The van der Waals surface area contributed by atoms with Crippen LogP contribution in [0.3, 0.4) is 0 Å². The first kappa shape index (κ1) is 33.0. The standard InChI is InChI=1S/C34H54N2O6S/c1-6-32(4)18-27(33(5)20(2)12-14-34(21(3)30(32)40)15-13-24(37)29(33)34)42-28(39)19-43-26-11-10-22(17-25(26)38)36-31(41)23-9-7-8-16-35-23/h6,20-23,25-27,29-30,35,38,40H,1,7-19H2,2-5H3,(H,36,41)/t20?,21-,22-,23+,25-,26-,27+,29-,30-,32+,33-,34?/m0/s1. The van der Waals surface area contributed by atoms with Gasteiger partial charge in [0.05, 0.1) is 24.0 Å². The van der Waals surface area contributed by atoms with Crippen LogP contribution in [-0.4, -0.2) is 75.8 Å². The normalized spacial score (nSPS) is 46.7.